The van der Waals surface area contributed by atoms with Crippen LogP contribution in [-0.2, 0) is 16.0 Å². The zero-order valence-corrected chi connectivity index (χ0v) is 13.0. The van der Waals surface area contributed by atoms with Gasteiger partial charge in [-0.15, -0.1) is 11.3 Å². The number of hydrogen-bond donors (Lipinski definition) is 1. The molecule has 0 aromatic carbocycles. The molecule has 2 N–H and O–H groups in total. The molecule has 7 heteroatoms. The highest BCUT2D eigenvalue weighted by atomic mass is 32.1. The minimum atomic E-state index is -0.298. The number of aromatic nitrogens is 2. The Balaban J connectivity index is 1.60. The lowest BCUT2D eigenvalue weighted by atomic mass is 10.1. The molecule has 22 heavy (non-hydrogen) atoms. The maximum absolute atomic E-state index is 12.4. The van der Waals surface area contributed by atoms with E-state index >= 15 is 0 Å². The second-order valence-electron chi connectivity index (χ2n) is 5.11. The molecule has 0 aliphatic carbocycles. The van der Waals surface area contributed by atoms with E-state index in [4.69, 9.17) is 10.5 Å². The maximum Gasteiger partial charge on any atom is 0.223 e. The average Bonchev–Trinajstić information content (AvgIpc) is 3.06. The van der Waals surface area contributed by atoms with E-state index in [0.29, 0.717) is 37.6 Å². The van der Waals surface area contributed by atoms with E-state index in [2.05, 4.69) is 16.0 Å². The van der Waals surface area contributed by atoms with Gasteiger partial charge >= 0.3 is 0 Å². The van der Waals surface area contributed by atoms with Crippen LogP contribution in [0.2, 0.25) is 0 Å². The summed E-state index contributed by atoms with van der Waals surface area (Å²) in [6, 6.07) is 4.06. The van der Waals surface area contributed by atoms with Crippen molar-refractivity contribution in [1.29, 1.82) is 0 Å². The first-order chi connectivity index (χ1) is 10.7. The summed E-state index contributed by atoms with van der Waals surface area (Å²) in [4.78, 5) is 23.7. The van der Waals surface area contributed by atoms with Crippen LogP contribution in [0.4, 0.5) is 5.82 Å². The molecule has 1 aliphatic heterocycles. The predicted octanol–water partition coefficient (Wildman–Crippen LogP) is 1.65. The van der Waals surface area contributed by atoms with Gasteiger partial charge in [0.1, 0.15) is 17.6 Å². The molecule has 1 fully saturated rings. The highest BCUT2D eigenvalue weighted by Gasteiger charge is 2.27. The van der Waals surface area contributed by atoms with Crippen LogP contribution in [0.3, 0.4) is 0 Å². The lowest BCUT2D eigenvalue weighted by Gasteiger charge is -2.32. The number of aryl methyl sites for hydroxylation is 1. The Kier molecular flexibility index (Phi) is 4.65. The second kappa shape index (κ2) is 6.85. The summed E-state index contributed by atoms with van der Waals surface area (Å²) in [5.41, 5.74) is 6.45. The number of carbonyl (C=O) groups excluding carboxylic acids is 1. The van der Waals surface area contributed by atoms with Crippen molar-refractivity contribution in [2.24, 2.45) is 0 Å². The molecule has 0 radical (unpaired) electrons. The van der Waals surface area contributed by atoms with Crippen LogP contribution in [0.15, 0.2) is 29.9 Å². The third-order valence-corrected chi connectivity index (χ3v) is 4.58. The topological polar surface area (TPSA) is 81.3 Å². The van der Waals surface area contributed by atoms with Gasteiger partial charge in [-0.1, -0.05) is 6.07 Å². The monoisotopic (exact) mass is 318 g/mol. The lowest BCUT2D eigenvalue weighted by molar-refractivity contribution is -0.139. The van der Waals surface area contributed by atoms with E-state index < -0.39 is 0 Å². The van der Waals surface area contributed by atoms with Gasteiger partial charge in [0, 0.05) is 30.2 Å². The van der Waals surface area contributed by atoms with Gasteiger partial charge in [0.05, 0.1) is 13.2 Å². The normalized spacial score (nSPS) is 18.4. The SMILES string of the molecule is Nc1nccnc1C1CN(C(=O)CCc2cccs2)CCO1. The van der Waals surface area contributed by atoms with Crippen LogP contribution in [0.1, 0.15) is 23.1 Å². The van der Waals surface area contributed by atoms with Gasteiger partial charge in [0.2, 0.25) is 5.91 Å². The van der Waals surface area contributed by atoms with Gasteiger partial charge in [-0.2, -0.15) is 0 Å². The standard InChI is InChI=1S/C15H18N4O2S/c16-15-14(17-5-6-18-15)12-10-19(7-8-21-12)13(20)4-3-11-2-1-9-22-11/h1-2,5-6,9,12H,3-4,7-8,10H2,(H2,16,18). The maximum atomic E-state index is 12.4. The number of nitrogen functional groups attached to an aromatic ring is 1. The number of nitrogens with two attached hydrogens (primary N) is 1. The Morgan fingerprint density at radius 2 is 2.32 bits per heavy atom. The Labute approximate surface area is 132 Å². The highest BCUT2D eigenvalue weighted by molar-refractivity contribution is 7.09. The second-order valence-corrected chi connectivity index (χ2v) is 6.14. The van der Waals surface area contributed by atoms with Crippen LogP contribution in [0, 0.1) is 0 Å². The summed E-state index contributed by atoms with van der Waals surface area (Å²) in [7, 11) is 0. The Morgan fingerprint density at radius 1 is 1.45 bits per heavy atom. The molecule has 2 aromatic heterocycles. The largest absolute Gasteiger partial charge is 0.382 e. The Hall–Kier alpha value is -1.99. The number of anilines is 1. The van der Waals surface area contributed by atoms with E-state index in [0.717, 1.165) is 6.42 Å². The molecule has 2 aromatic rings. The summed E-state index contributed by atoms with van der Waals surface area (Å²) >= 11 is 1.68. The smallest absolute Gasteiger partial charge is 0.223 e. The molecule has 0 saturated carbocycles. The summed E-state index contributed by atoms with van der Waals surface area (Å²) < 4.78 is 5.70. The summed E-state index contributed by atoms with van der Waals surface area (Å²) in [5.74, 6) is 0.504. The van der Waals surface area contributed by atoms with Crippen LogP contribution in [0.25, 0.3) is 0 Å². The number of rotatable bonds is 4. The van der Waals surface area contributed by atoms with Crippen molar-refractivity contribution in [2.45, 2.75) is 18.9 Å². The molecule has 1 amide bonds. The van der Waals surface area contributed by atoms with Crippen LogP contribution in [0.5, 0.6) is 0 Å². The van der Waals surface area contributed by atoms with Gasteiger partial charge < -0.3 is 15.4 Å². The minimum Gasteiger partial charge on any atom is -0.382 e. The van der Waals surface area contributed by atoms with E-state index in [9.17, 15) is 4.79 Å². The average molecular weight is 318 g/mol. The lowest BCUT2D eigenvalue weighted by Crippen LogP contribution is -2.42. The number of morpholine rings is 1. The zero-order chi connectivity index (χ0) is 15.4. The van der Waals surface area contributed by atoms with Gasteiger partial charge in [-0.3, -0.25) is 9.78 Å². The minimum absolute atomic E-state index is 0.143. The first kappa shape index (κ1) is 14.9. The van der Waals surface area contributed by atoms with Crippen LogP contribution in [-0.4, -0.2) is 40.5 Å². The molecule has 116 valence electrons. The third kappa shape index (κ3) is 3.42. The number of carbonyl (C=O) groups is 1. The number of hydrogen-bond acceptors (Lipinski definition) is 6. The quantitative estimate of drug-likeness (QED) is 0.927. The van der Waals surface area contributed by atoms with Gasteiger partial charge in [-0.25, -0.2) is 4.98 Å². The molecule has 0 bridgehead atoms. The van der Waals surface area contributed by atoms with Crippen molar-refractivity contribution in [3.8, 4) is 0 Å². The fourth-order valence-electron chi connectivity index (χ4n) is 2.49. The summed E-state index contributed by atoms with van der Waals surface area (Å²) in [6.07, 6.45) is 4.14. The Bertz CT molecular complexity index is 632. The highest BCUT2D eigenvalue weighted by Crippen LogP contribution is 2.24. The number of thiophene rings is 1. The first-order valence-corrected chi connectivity index (χ1v) is 8.10. The summed E-state index contributed by atoms with van der Waals surface area (Å²) in [6.45, 7) is 1.58. The number of nitrogens with zero attached hydrogens (tertiary/aromatic N) is 3. The molecule has 6 nitrogen and oxygen atoms in total. The van der Waals surface area contributed by atoms with Gasteiger partial charge in [0.25, 0.3) is 0 Å². The fourth-order valence-corrected chi connectivity index (χ4v) is 3.20. The van der Waals surface area contributed by atoms with Crippen molar-refractivity contribution in [3.63, 3.8) is 0 Å². The molecule has 0 spiro atoms. The van der Waals surface area contributed by atoms with Crippen molar-refractivity contribution in [1.82, 2.24) is 14.9 Å². The number of amides is 1. The van der Waals surface area contributed by atoms with E-state index in [1.807, 2.05) is 16.3 Å². The van der Waals surface area contributed by atoms with E-state index in [-0.39, 0.29) is 12.0 Å². The van der Waals surface area contributed by atoms with Crippen LogP contribution >= 0.6 is 11.3 Å². The van der Waals surface area contributed by atoms with Crippen molar-refractivity contribution in [3.05, 3.63) is 40.5 Å². The third-order valence-electron chi connectivity index (χ3n) is 3.65. The molecule has 3 heterocycles. The molecular formula is C15H18N4O2S. The van der Waals surface area contributed by atoms with Gasteiger partial charge in [-0.05, 0) is 17.9 Å². The van der Waals surface area contributed by atoms with Crippen molar-refractivity contribution < 1.29 is 9.53 Å². The summed E-state index contributed by atoms with van der Waals surface area (Å²) in [5, 5.41) is 2.03. The molecular weight excluding hydrogens is 300 g/mol. The molecule has 1 unspecified atom stereocenters. The van der Waals surface area contributed by atoms with E-state index in [1.165, 1.54) is 4.88 Å². The zero-order valence-electron chi connectivity index (χ0n) is 12.1. The van der Waals surface area contributed by atoms with Crippen molar-refractivity contribution in [2.75, 3.05) is 25.4 Å². The molecule has 3 rings (SSSR count). The predicted molar refractivity (Wildman–Crippen MR) is 84.4 cm³/mol. The fraction of sp³-hybridized carbons (Fsp3) is 0.400. The van der Waals surface area contributed by atoms with Crippen LogP contribution < -0.4 is 5.73 Å². The Morgan fingerprint density at radius 3 is 3.09 bits per heavy atom. The van der Waals surface area contributed by atoms with Gasteiger partial charge in [0.15, 0.2) is 0 Å². The molecule has 1 saturated heterocycles. The molecule has 1 aliphatic rings. The first-order valence-electron chi connectivity index (χ1n) is 7.22. The molecule has 1 atom stereocenters. The number of ether oxygens (including phenoxy) is 1. The van der Waals surface area contributed by atoms with E-state index in [1.54, 1.807) is 23.7 Å². The van der Waals surface area contributed by atoms with Crippen molar-refractivity contribution >= 4 is 23.1 Å².